The van der Waals surface area contributed by atoms with Crippen LogP contribution in [0.15, 0.2) is 54.6 Å². The van der Waals surface area contributed by atoms with Crippen molar-refractivity contribution in [3.05, 3.63) is 65.7 Å². The van der Waals surface area contributed by atoms with Gasteiger partial charge in [0.05, 0.1) is 24.9 Å². The minimum atomic E-state index is -2.29. The third-order valence-corrected chi connectivity index (χ3v) is 11.0. The Morgan fingerprint density at radius 2 is 1.43 bits per heavy atom. The van der Waals surface area contributed by atoms with Crippen molar-refractivity contribution in [2.45, 2.75) is 106 Å². The minimum Gasteiger partial charge on any atom is -0.394 e. The van der Waals surface area contributed by atoms with Gasteiger partial charge in [-0.1, -0.05) is 31.2 Å². The lowest BCUT2D eigenvalue weighted by Gasteiger charge is -2.37. The van der Waals surface area contributed by atoms with E-state index < -0.39 is 90.7 Å². The van der Waals surface area contributed by atoms with Gasteiger partial charge in [-0.15, -0.1) is 0 Å². The van der Waals surface area contributed by atoms with Gasteiger partial charge >= 0.3 is 0 Å². The number of ether oxygens (including phenoxy) is 2. The molecular weight excluding hydrogens is 768 g/mol. The summed E-state index contributed by atoms with van der Waals surface area (Å²) in [5.74, 6) is -4.00. The summed E-state index contributed by atoms with van der Waals surface area (Å²) >= 11 is 0. The summed E-state index contributed by atoms with van der Waals surface area (Å²) in [7, 11) is 0. The Labute approximate surface area is 331 Å². The standard InChI is InChI=1S/C38H48N4O16/c1-17(5-2-9-24(44)41-12-4-8-21(41)16-43)38(56)22-14-20(40-34(52)32-28(48)26(46)30(50)36(54)58-32)10-11-23(22)42(37(38)55)15-18-6-3-7-19(13-18)39-33(51)31-27(47)25(45)29(49)35(53)57-31/h2-3,5-7,10-11,13-14,17,21,25-32,35-36,43,45-50,53-54,56H,4,8-9,12,15-16H2,1H3,(H,39,51)(H,40,52)/b5-2+/t17-,21-,25-,26-,27-,28-,29+,30+,31-,32-,35+,36+,38+/m0/s1. The lowest BCUT2D eigenvalue weighted by molar-refractivity contribution is -0.274. The van der Waals surface area contributed by atoms with Gasteiger partial charge in [0, 0.05) is 35.8 Å². The van der Waals surface area contributed by atoms with E-state index in [1.54, 1.807) is 24.0 Å². The van der Waals surface area contributed by atoms with Crippen molar-refractivity contribution >= 4 is 40.7 Å². The lowest BCUT2D eigenvalue weighted by atomic mass is 9.82. The Morgan fingerprint density at radius 3 is 2.02 bits per heavy atom. The zero-order valence-corrected chi connectivity index (χ0v) is 31.2. The van der Waals surface area contributed by atoms with Gasteiger partial charge in [0.15, 0.2) is 30.4 Å². The van der Waals surface area contributed by atoms with Gasteiger partial charge in [0.25, 0.3) is 17.7 Å². The van der Waals surface area contributed by atoms with Crippen LogP contribution in [-0.4, -0.2) is 160 Å². The second-order valence-corrected chi connectivity index (χ2v) is 14.9. The number of anilines is 3. The number of aliphatic hydroxyl groups is 10. The molecule has 0 bridgehead atoms. The third-order valence-electron chi connectivity index (χ3n) is 11.0. The molecule has 20 nitrogen and oxygen atoms in total. The molecule has 3 saturated heterocycles. The van der Waals surface area contributed by atoms with E-state index in [2.05, 4.69) is 10.6 Å². The highest BCUT2D eigenvalue weighted by atomic mass is 16.6. The second-order valence-electron chi connectivity index (χ2n) is 14.9. The molecule has 58 heavy (non-hydrogen) atoms. The van der Waals surface area contributed by atoms with Crippen molar-refractivity contribution in [2.75, 3.05) is 28.7 Å². The van der Waals surface area contributed by atoms with Crippen LogP contribution in [0.5, 0.6) is 0 Å². The van der Waals surface area contributed by atoms with Crippen LogP contribution in [0.1, 0.15) is 37.3 Å². The lowest BCUT2D eigenvalue weighted by Crippen LogP contribution is -2.60. The Hall–Kier alpha value is -4.42. The predicted molar refractivity (Wildman–Crippen MR) is 198 cm³/mol. The van der Waals surface area contributed by atoms with Crippen LogP contribution in [0, 0.1) is 5.92 Å². The minimum absolute atomic E-state index is 0.0118. The first-order valence-electron chi connectivity index (χ1n) is 18.7. The van der Waals surface area contributed by atoms with Gasteiger partial charge in [-0.2, -0.15) is 0 Å². The third kappa shape index (κ3) is 8.24. The molecule has 316 valence electrons. The SMILES string of the molecule is C[C@@H](/C=C/CC(=O)N1CCC[C@H]1CO)[C@]1(O)C(=O)N(Cc2cccc(NC(=O)[C@H]3O[C@@H](O)[C@H](O)[C@@H](O)[C@@H]3O)c2)c2ccc(NC(=O)[C@H]3O[C@@H](O)[C@H](O)[C@@H](O)[C@@H]3O)cc21. The van der Waals surface area contributed by atoms with Crippen LogP contribution in [0.3, 0.4) is 0 Å². The zero-order valence-electron chi connectivity index (χ0n) is 31.2. The number of carbonyl (C=O) groups excluding carboxylic acids is 4. The van der Waals surface area contributed by atoms with E-state index >= 15 is 0 Å². The molecule has 20 heteroatoms. The zero-order chi connectivity index (χ0) is 42.2. The van der Waals surface area contributed by atoms with E-state index in [9.17, 15) is 70.2 Å². The molecule has 4 aliphatic heterocycles. The average Bonchev–Trinajstić information content (AvgIpc) is 3.77. The molecule has 0 radical (unpaired) electrons. The Morgan fingerprint density at radius 1 is 0.845 bits per heavy atom. The van der Waals surface area contributed by atoms with E-state index in [0.717, 1.165) is 6.42 Å². The smallest absolute Gasteiger partial charge is 0.264 e. The Kier molecular flexibility index (Phi) is 13.0. The van der Waals surface area contributed by atoms with Gasteiger partial charge in [0.1, 0.15) is 36.6 Å². The first-order valence-corrected chi connectivity index (χ1v) is 18.7. The summed E-state index contributed by atoms with van der Waals surface area (Å²) in [6.07, 6.45) is -14.4. The number of rotatable bonds is 11. The van der Waals surface area contributed by atoms with Crippen molar-refractivity contribution in [2.24, 2.45) is 5.92 Å². The fraction of sp³-hybridized carbons (Fsp3) is 0.526. The summed E-state index contributed by atoms with van der Waals surface area (Å²) in [6, 6.07) is 9.97. The maximum absolute atomic E-state index is 14.4. The van der Waals surface area contributed by atoms with E-state index in [1.807, 2.05) is 0 Å². The summed E-state index contributed by atoms with van der Waals surface area (Å²) < 4.78 is 10.0. The first-order chi connectivity index (χ1) is 27.5. The van der Waals surface area contributed by atoms with Crippen LogP contribution in [0.25, 0.3) is 0 Å². The second kappa shape index (κ2) is 17.4. The molecule has 0 saturated carbocycles. The van der Waals surface area contributed by atoms with Crippen molar-refractivity contribution in [1.29, 1.82) is 0 Å². The van der Waals surface area contributed by atoms with Gasteiger partial charge in [0.2, 0.25) is 5.91 Å². The highest BCUT2D eigenvalue weighted by Crippen LogP contribution is 2.47. The number of nitrogens with zero attached hydrogens (tertiary/aromatic N) is 2. The highest BCUT2D eigenvalue weighted by Gasteiger charge is 2.53. The van der Waals surface area contributed by atoms with Crippen molar-refractivity contribution < 1.29 is 79.7 Å². The van der Waals surface area contributed by atoms with Crippen molar-refractivity contribution in [1.82, 2.24) is 4.90 Å². The molecule has 13 atom stereocenters. The van der Waals surface area contributed by atoms with Gasteiger partial charge in [-0.25, -0.2) is 0 Å². The Bertz CT molecular complexity index is 1900. The molecule has 4 aliphatic rings. The molecule has 2 aromatic carbocycles. The number of carbonyl (C=O) groups is 4. The average molecular weight is 817 g/mol. The van der Waals surface area contributed by atoms with E-state index in [1.165, 1.54) is 47.4 Å². The number of hydrogen-bond donors (Lipinski definition) is 12. The molecule has 0 spiro atoms. The van der Waals surface area contributed by atoms with Crippen LogP contribution < -0.4 is 15.5 Å². The molecule has 0 aliphatic carbocycles. The largest absolute Gasteiger partial charge is 0.394 e. The van der Waals surface area contributed by atoms with Crippen LogP contribution >= 0.6 is 0 Å². The monoisotopic (exact) mass is 816 g/mol. The maximum atomic E-state index is 14.4. The topological polar surface area (TPSA) is 320 Å². The first kappa shape index (κ1) is 43.2. The molecule has 4 heterocycles. The van der Waals surface area contributed by atoms with Crippen molar-refractivity contribution in [3.63, 3.8) is 0 Å². The van der Waals surface area contributed by atoms with E-state index in [0.29, 0.717) is 18.5 Å². The number of likely N-dealkylation sites (tertiary alicyclic amines) is 1. The quantitative estimate of drug-likeness (QED) is 0.0978. The predicted octanol–water partition coefficient (Wildman–Crippen LogP) is -3.54. The molecule has 0 aromatic heterocycles. The number of benzene rings is 2. The fourth-order valence-corrected chi connectivity index (χ4v) is 7.68. The molecule has 3 fully saturated rings. The summed E-state index contributed by atoms with van der Waals surface area (Å²) in [6.45, 7) is 1.69. The summed E-state index contributed by atoms with van der Waals surface area (Å²) in [5.41, 5.74) is -1.45. The number of amides is 4. The molecular formula is C38H48N4O16. The van der Waals surface area contributed by atoms with E-state index in [4.69, 9.17) is 9.47 Å². The molecule has 4 amide bonds. The van der Waals surface area contributed by atoms with Crippen LogP contribution in [-0.2, 0) is 40.8 Å². The highest BCUT2D eigenvalue weighted by molar-refractivity contribution is 6.08. The fourth-order valence-electron chi connectivity index (χ4n) is 7.68. The number of hydrogen-bond acceptors (Lipinski definition) is 16. The number of nitrogens with one attached hydrogen (secondary N) is 2. The van der Waals surface area contributed by atoms with Crippen LogP contribution in [0.4, 0.5) is 17.1 Å². The van der Waals surface area contributed by atoms with Gasteiger partial charge in [-0.3, -0.25) is 19.2 Å². The summed E-state index contributed by atoms with van der Waals surface area (Å²) in [5, 5.41) is 107. The molecule has 12 N–H and O–H groups in total. The normalized spacial score (nSPS) is 34.3. The Balaban J connectivity index is 1.25. The maximum Gasteiger partial charge on any atom is 0.264 e. The molecule has 0 unspecified atom stereocenters. The number of aliphatic hydroxyl groups excluding tert-OH is 9. The van der Waals surface area contributed by atoms with Crippen molar-refractivity contribution in [3.8, 4) is 0 Å². The van der Waals surface area contributed by atoms with E-state index in [-0.39, 0.29) is 54.1 Å². The summed E-state index contributed by atoms with van der Waals surface area (Å²) in [4.78, 5) is 56.3. The molecule has 2 aromatic rings. The number of fused-ring (bicyclic) bond motifs is 1. The molecule has 6 rings (SSSR count). The van der Waals surface area contributed by atoms with Gasteiger partial charge in [-0.05, 0) is 48.7 Å². The van der Waals surface area contributed by atoms with Gasteiger partial charge < -0.3 is 81.0 Å². The van der Waals surface area contributed by atoms with Crippen LogP contribution in [0.2, 0.25) is 0 Å².